The van der Waals surface area contributed by atoms with Crippen molar-refractivity contribution in [2.24, 2.45) is 0 Å². The van der Waals surface area contributed by atoms with Crippen molar-refractivity contribution in [3.8, 4) is 11.5 Å². The summed E-state index contributed by atoms with van der Waals surface area (Å²) in [6.07, 6.45) is 0. The average Bonchev–Trinajstić information content (AvgIpc) is 2.86. The molecule has 0 aromatic heterocycles. The molecule has 0 spiro atoms. The van der Waals surface area contributed by atoms with E-state index in [1.807, 2.05) is 0 Å². The van der Waals surface area contributed by atoms with E-state index in [0.29, 0.717) is 17.2 Å². The molecule has 2 aromatic carbocycles. The molecule has 0 fully saturated rings. The Kier molecular flexibility index (Phi) is 3.61. The van der Waals surface area contributed by atoms with E-state index in [1.165, 1.54) is 24.3 Å². The van der Waals surface area contributed by atoms with Gasteiger partial charge in [-0.25, -0.2) is 4.39 Å². The molecule has 1 aliphatic rings. The van der Waals surface area contributed by atoms with Gasteiger partial charge >= 0.3 is 0 Å². The quantitative estimate of drug-likeness (QED) is 0.902. The van der Waals surface area contributed by atoms with Gasteiger partial charge in [-0.2, -0.15) is 0 Å². The topological polar surface area (TPSA) is 47.6 Å². The molecule has 1 N–H and O–H groups in total. The molecule has 2 aromatic rings. The predicted octanol–water partition coefficient (Wildman–Crippen LogP) is 4.11. The van der Waals surface area contributed by atoms with Crippen LogP contribution in [-0.4, -0.2) is 12.7 Å². The van der Waals surface area contributed by atoms with Crippen molar-refractivity contribution >= 4 is 34.8 Å². The van der Waals surface area contributed by atoms with Gasteiger partial charge in [-0.05, 0) is 18.2 Å². The molecule has 0 atom stereocenters. The summed E-state index contributed by atoms with van der Waals surface area (Å²) in [5.74, 6) is -0.385. The molecular weight excluding hydrogens is 320 g/mol. The van der Waals surface area contributed by atoms with Gasteiger partial charge in [0.2, 0.25) is 6.79 Å². The highest BCUT2D eigenvalue weighted by atomic mass is 35.5. The molecule has 0 saturated heterocycles. The van der Waals surface area contributed by atoms with Crippen LogP contribution in [0.25, 0.3) is 0 Å². The summed E-state index contributed by atoms with van der Waals surface area (Å²) >= 11 is 11.7. The van der Waals surface area contributed by atoms with Crippen LogP contribution in [0.4, 0.5) is 10.1 Å². The van der Waals surface area contributed by atoms with Gasteiger partial charge in [0.05, 0.1) is 16.3 Å². The van der Waals surface area contributed by atoms with Crippen molar-refractivity contribution in [3.63, 3.8) is 0 Å². The molecule has 21 heavy (non-hydrogen) atoms. The van der Waals surface area contributed by atoms with Gasteiger partial charge in [0.15, 0.2) is 11.5 Å². The Labute approximate surface area is 129 Å². The highest BCUT2D eigenvalue weighted by Gasteiger charge is 2.19. The molecule has 1 aliphatic heterocycles. The minimum absolute atomic E-state index is 0.0921. The molecule has 1 heterocycles. The maximum absolute atomic E-state index is 13.7. The van der Waals surface area contributed by atoms with Gasteiger partial charge in [0.25, 0.3) is 5.91 Å². The minimum Gasteiger partial charge on any atom is -0.454 e. The van der Waals surface area contributed by atoms with Crippen LogP contribution in [0.15, 0.2) is 30.3 Å². The fourth-order valence-electron chi connectivity index (χ4n) is 1.88. The molecular formula is C14H8Cl2FNO3. The van der Waals surface area contributed by atoms with Crippen LogP contribution in [0.1, 0.15) is 10.4 Å². The summed E-state index contributed by atoms with van der Waals surface area (Å²) in [5, 5.41) is 3.01. The van der Waals surface area contributed by atoms with E-state index in [-0.39, 0.29) is 22.4 Å². The first kappa shape index (κ1) is 14.0. The lowest BCUT2D eigenvalue weighted by Crippen LogP contribution is -2.14. The summed E-state index contributed by atoms with van der Waals surface area (Å²) in [6.45, 7) is 0.0921. The van der Waals surface area contributed by atoms with Crippen molar-refractivity contribution in [2.75, 3.05) is 12.1 Å². The molecule has 3 rings (SSSR count). The molecule has 7 heteroatoms. The second kappa shape index (κ2) is 5.42. The number of rotatable bonds is 2. The highest BCUT2D eigenvalue weighted by Crippen LogP contribution is 2.39. The SMILES string of the molecule is O=C(Nc1cc2c(cc1Cl)OCO2)c1ccc(Cl)cc1F. The van der Waals surface area contributed by atoms with Gasteiger partial charge in [-0.15, -0.1) is 0 Å². The lowest BCUT2D eigenvalue weighted by atomic mass is 10.2. The van der Waals surface area contributed by atoms with E-state index < -0.39 is 11.7 Å². The maximum atomic E-state index is 13.7. The summed E-state index contributed by atoms with van der Waals surface area (Å²) in [5.41, 5.74) is 0.174. The lowest BCUT2D eigenvalue weighted by Gasteiger charge is -2.09. The van der Waals surface area contributed by atoms with Crippen LogP contribution in [0.2, 0.25) is 10.0 Å². The van der Waals surface area contributed by atoms with Crippen LogP contribution >= 0.6 is 23.2 Å². The van der Waals surface area contributed by atoms with Crippen LogP contribution in [0, 0.1) is 5.82 Å². The van der Waals surface area contributed by atoms with Gasteiger partial charge in [-0.1, -0.05) is 23.2 Å². The Morgan fingerprint density at radius 2 is 1.86 bits per heavy atom. The smallest absolute Gasteiger partial charge is 0.258 e. The Bertz CT molecular complexity index is 736. The largest absolute Gasteiger partial charge is 0.454 e. The van der Waals surface area contributed by atoms with Crippen LogP contribution in [0.3, 0.4) is 0 Å². The van der Waals surface area contributed by atoms with Gasteiger partial charge < -0.3 is 14.8 Å². The second-order valence-corrected chi connectivity index (χ2v) is 5.11. The van der Waals surface area contributed by atoms with Gasteiger partial charge in [-0.3, -0.25) is 4.79 Å². The standard InChI is InChI=1S/C14H8Cl2FNO3/c15-7-1-2-8(10(17)3-7)14(19)18-11-5-13-12(4-9(11)16)20-6-21-13/h1-5H,6H2,(H,18,19). The first-order chi connectivity index (χ1) is 10.0. The number of carbonyl (C=O) groups is 1. The molecule has 0 saturated carbocycles. The van der Waals surface area contributed by atoms with E-state index in [4.69, 9.17) is 32.7 Å². The predicted molar refractivity (Wildman–Crippen MR) is 76.9 cm³/mol. The number of fused-ring (bicyclic) bond motifs is 1. The van der Waals surface area contributed by atoms with Gasteiger partial charge in [0, 0.05) is 17.2 Å². The molecule has 0 bridgehead atoms. The number of ether oxygens (including phenoxy) is 2. The molecule has 0 radical (unpaired) electrons. The summed E-state index contributed by atoms with van der Waals surface area (Å²) in [6, 6.07) is 6.85. The minimum atomic E-state index is -0.711. The number of benzene rings is 2. The molecule has 0 unspecified atom stereocenters. The van der Waals surface area contributed by atoms with Crippen molar-refractivity contribution in [3.05, 3.63) is 51.8 Å². The number of anilines is 1. The van der Waals surface area contributed by atoms with E-state index in [9.17, 15) is 9.18 Å². The molecule has 0 aliphatic carbocycles. The summed E-state index contributed by atoms with van der Waals surface area (Å²) in [7, 11) is 0. The van der Waals surface area contributed by atoms with E-state index >= 15 is 0 Å². The maximum Gasteiger partial charge on any atom is 0.258 e. The first-order valence-electron chi connectivity index (χ1n) is 5.90. The third-order valence-corrected chi connectivity index (χ3v) is 3.43. The number of hydrogen-bond donors (Lipinski definition) is 1. The third kappa shape index (κ3) is 2.75. The van der Waals surface area contributed by atoms with E-state index in [1.54, 1.807) is 0 Å². The van der Waals surface area contributed by atoms with Gasteiger partial charge in [0.1, 0.15) is 5.82 Å². The van der Waals surface area contributed by atoms with E-state index in [0.717, 1.165) is 6.07 Å². The number of halogens is 3. The summed E-state index contributed by atoms with van der Waals surface area (Å²) in [4.78, 5) is 12.1. The monoisotopic (exact) mass is 327 g/mol. The van der Waals surface area contributed by atoms with Crippen LogP contribution < -0.4 is 14.8 Å². The van der Waals surface area contributed by atoms with Crippen molar-refractivity contribution < 1.29 is 18.7 Å². The first-order valence-corrected chi connectivity index (χ1v) is 6.66. The molecule has 1 amide bonds. The van der Waals surface area contributed by atoms with Crippen molar-refractivity contribution in [2.45, 2.75) is 0 Å². The Balaban J connectivity index is 1.88. The summed E-state index contributed by atoms with van der Waals surface area (Å²) < 4.78 is 24.1. The fraction of sp³-hybridized carbons (Fsp3) is 0.0714. The second-order valence-electron chi connectivity index (χ2n) is 4.26. The average molecular weight is 328 g/mol. The lowest BCUT2D eigenvalue weighted by molar-refractivity contribution is 0.102. The Morgan fingerprint density at radius 3 is 2.57 bits per heavy atom. The number of nitrogens with one attached hydrogen (secondary N) is 1. The molecule has 4 nitrogen and oxygen atoms in total. The number of amides is 1. The van der Waals surface area contributed by atoms with Crippen molar-refractivity contribution in [1.29, 1.82) is 0 Å². The van der Waals surface area contributed by atoms with Crippen molar-refractivity contribution in [1.82, 2.24) is 0 Å². The zero-order chi connectivity index (χ0) is 15.0. The fourth-order valence-corrected chi connectivity index (χ4v) is 2.24. The Hall–Kier alpha value is -1.98. The zero-order valence-corrected chi connectivity index (χ0v) is 12.0. The normalized spacial score (nSPS) is 12.3. The highest BCUT2D eigenvalue weighted by molar-refractivity contribution is 6.34. The zero-order valence-electron chi connectivity index (χ0n) is 10.5. The number of hydrogen-bond acceptors (Lipinski definition) is 3. The van der Waals surface area contributed by atoms with Crippen LogP contribution in [0.5, 0.6) is 11.5 Å². The molecule has 108 valence electrons. The van der Waals surface area contributed by atoms with E-state index in [2.05, 4.69) is 5.32 Å². The number of carbonyl (C=O) groups excluding carboxylic acids is 1. The van der Waals surface area contributed by atoms with Crippen LogP contribution in [-0.2, 0) is 0 Å². The third-order valence-electron chi connectivity index (χ3n) is 2.89. The Morgan fingerprint density at radius 1 is 1.14 bits per heavy atom.